The highest BCUT2D eigenvalue weighted by molar-refractivity contribution is 6.74. The summed E-state index contributed by atoms with van der Waals surface area (Å²) in [7, 11) is -1.90. The Morgan fingerprint density at radius 1 is 1.26 bits per heavy atom. The third-order valence-corrected chi connectivity index (χ3v) is 10.5. The van der Waals surface area contributed by atoms with Crippen LogP contribution in [0.3, 0.4) is 0 Å². The molecule has 23 heavy (non-hydrogen) atoms. The minimum absolute atomic E-state index is 0.0479. The van der Waals surface area contributed by atoms with Gasteiger partial charge in [0.15, 0.2) is 8.32 Å². The lowest BCUT2D eigenvalue weighted by Crippen LogP contribution is -2.61. The van der Waals surface area contributed by atoms with Crippen molar-refractivity contribution in [3.05, 3.63) is 0 Å². The smallest absolute Gasteiger partial charge is 0.192 e. The fourth-order valence-corrected chi connectivity index (χ4v) is 5.22. The summed E-state index contributed by atoms with van der Waals surface area (Å²) in [5, 5.41) is 9.42. The van der Waals surface area contributed by atoms with Gasteiger partial charge in [-0.25, -0.2) is 0 Å². The maximum Gasteiger partial charge on any atom is 0.192 e. The quantitative estimate of drug-likeness (QED) is 0.769. The van der Waals surface area contributed by atoms with Crippen molar-refractivity contribution in [1.82, 2.24) is 0 Å². The number of aliphatic hydroxyl groups is 1. The van der Waals surface area contributed by atoms with E-state index >= 15 is 0 Å². The second-order valence-corrected chi connectivity index (χ2v) is 13.7. The Morgan fingerprint density at radius 3 is 2.57 bits per heavy atom. The Hall–Kier alpha value is 0.0569. The van der Waals surface area contributed by atoms with Crippen LogP contribution in [0, 0.1) is 0 Å². The van der Waals surface area contributed by atoms with E-state index in [0.717, 1.165) is 38.7 Å². The molecule has 0 aromatic rings. The molecule has 0 aliphatic carbocycles. The first-order valence-corrected chi connectivity index (χ1v) is 12.1. The summed E-state index contributed by atoms with van der Waals surface area (Å²) in [5.74, 6) is 0. The molecule has 0 aromatic carbocycles. The van der Waals surface area contributed by atoms with Crippen LogP contribution in [-0.2, 0) is 13.9 Å². The fourth-order valence-electron chi connectivity index (χ4n) is 3.54. The van der Waals surface area contributed by atoms with Crippen molar-refractivity contribution in [3.8, 4) is 0 Å². The molecule has 0 bridgehead atoms. The van der Waals surface area contributed by atoms with Gasteiger partial charge in [0.1, 0.15) is 0 Å². The Labute approximate surface area is 143 Å². The van der Waals surface area contributed by atoms with Gasteiger partial charge in [-0.2, -0.15) is 0 Å². The number of aliphatic hydroxyl groups excluding tert-OH is 1. The molecule has 0 spiro atoms. The monoisotopic (exact) mass is 344 g/mol. The molecule has 2 saturated heterocycles. The van der Waals surface area contributed by atoms with Crippen LogP contribution < -0.4 is 0 Å². The van der Waals surface area contributed by atoms with Crippen molar-refractivity contribution < 1.29 is 19.0 Å². The molecular formula is C18H36O4Si. The van der Waals surface area contributed by atoms with E-state index in [4.69, 9.17) is 13.9 Å². The average molecular weight is 345 g/mol. The molecule has 0 aromatic heterocycles. The Kier molecular flexibility index (Phi) is 6.00. The molecule has 2 heterocycles. The van der Waals surface area contributed by atoms with Crippen molar-refractivity contribution in [2.24, 2.45) is 0 Å². The van der Waals surface area contributed by atoms with E-state index in [0.29, 0.717) is 0 Å². The van der Waals surface area contributed by atoms with Gasteiger partial charge in [-0.05, 0) is 50.7 Å². The Morgan fingerprint density at radius 2 is 1.96 bits per heavy atom. The standard InChI is InChI=1S/C18H36O4Si/c1-17(2,3)23(5,6)22-18(4)13-15-14(9-8-12-20-15)21-16(18)10-7-11-19/h14-16,19H,7-13H2,1-6H3/t14-,15+,16+,18-/m0/s1. The van der Waals surface area contributed by atoms with Crippen molar-refractivity contribution >= 4 is 8.32 Å². The van der Waals surface area contributed by atoms with Crippen LogP contribution in [0.5, 0.6) is 0 Å². The number of fused-ring (bicyclic) bond motifs is 1. The summed E-state index contributed by atoms with van der Waals surface area (Å²) in [6.07, 6.45) is 5.08. The van der Waals surface area contributed by atoms with E-state index in [1.165, 1.54) is 0 Å². The molecule has 2 aliphatic rings. The first kappa shape index (κ1) is 19.4. The molecule has 136 valence electrons. The largest absolute Gasteiger partial charge is 0.409 e. The van der Waals surface area contributed by atoms with Gasteiger partial charge in [0, 0.05) is 19.6 Å². The normalized spacial score (nSPS) is 35.9. The second kappa shape index (κ2) is 7.12. The lowest BCUT2D eigenvalue weighted by atomic mass is 9.83. The predicted octanol–water partition coefficient (Wildman–Crippen LogP) is 3.88. The van der Waals surface area contributed by atoms with Crippen LogP contribution in [0.4, 0.5) is 0 Å². The molecule has 0 radical (unpaired) electrons. The number of rotatable bonds is 5. The molecule has 0 unspecified atom stereocenters. The van der Waals surface area contributed by atoms with E-state index in [1.807, 2.05) is 0 Å². The van der Waals surface area contributed by atoms with Gasteiger partial charge in [0.25, 0.3) is 0 Å². The van der Waals surface area contributed by atoms with Crippen LogP contribution in [0.1, 0.15) is 59.8 Å². The van der Waals surface area contributed by atoms with Crippen molar-refractivity contribution in [2.75, 3.05) is 13.2 Å². The van der Waals surface area contributed by atoms with Crippen molar-refractivity contribution in [2.45, 2.75) is 102 Å². The second-order valence-electron chi connectivity index (χ2n) is 8.96. The molecule has 4 atom stereocenters. The van der Waals surface area contributed by atoms with E-state index in [9.17, 15) is 5.11 Å². The first-order valence-electron chi connectivity index (χ1n) is 9.17. The molecule has 4 nitrogen and oxygen atoms in total. The summed E-state index contributed by atoms with van der Waals surface area (Å²) >= 11 is 0. The molecule has 0 saturated carbocycles. The third kappa shape index (κ3) is 4.37. The van der Waals surface area contributed by atoms with Gasteiger partial charge in [0.2, 0.25) is 0 Å². The lowest BCUT2D eigenvalue weighted by Gasteiger charge is -2.53. The molecule has 2 aliphatic heterocycles. The number of ether oxygens (including phenoxy) is 2. The highest BCUT2D eigenvalue weighted by Gasteiger charge is 2.52. The van der Waals surface area contributed by atoms with Crippen LogP contribution in [-0.4, -0.2) is 50.6 Å². The third-order valence-electron chi connectivity index (χ3n) is 5.93. The minimum Gasteiger partial charge on any atom is -0.409 e. The minimum atomic E-state index is -1.90. The summed E-state index contributed by atoms with van der Waals surface area (Å²) in [4.78, 5) is 0. The van der Waals surface area contributed by atoms with Crippen LogP contribution in [0.15, 0.2) is 0 Å². The Balaban J connectivity index is 2.19. The fraction of sp³-hybridized carbons (Fsp3) is 1.00. The van der Waals surface area contributed by atoms with E-state index in [-0.39, 0.29) is 35.6 Å². The van der Waals surface area contributed by atoms with Gasteiger partial charge in [-0.3, -0.25) is 0 Å². The van der Waals surface area contributed by atoms with Crippen LogP contribution in [0.25, 0.3) is 0 Å². The Bertz CT molecular complexity index is 393. The molecular weight excluding hydrogens is 308 g/mol. The maximum atomic E-state index is 9.25. The first-order chi connectivity index (χ1) is 10.6. The number of hydrogen-bond acceptors (Lipinski definition) is 4. The average Bonchev–Trinajstić information content (AvgIpc) is 2.43. The lowest BCUT2D eigenvalue weighted by molar-refractivity contribution is -0.231. The van der Waals surface area contributed by atoms with Crippen molar-refractivity contribution in [1.29, 1.82) is 0 Å². The zero-order valence-corrected chi connectivity index (χ0v) is 16.9. The highest BCUT2D eigenvalue weighted by Crippen LogP contribution is 2.45. The van der Waals surface area contributed by atoms with Crippen molar-refractivity contribution in [3.63, 3.8) is 0 Å². The predicted molar refractivity (Wildman–Crippen MR) is 95.3 cm³/mol. The summed E-state index contributed by atoms with van der Waals surface area (Å²) in [6.45, 7) is 14.7. The van der Waals surface area contributed by atoms with Crippen LogP contribution in [0.2, 0.25) is 18.1 Å². The zero-order chi connectivity index (χ0) is 17.3. The molecule has 2 fully saturated rings. The summed E-state index contributed by atoms with van der Waals surface area (Å²) in [6, 6.07) is 0. The van der Waals surface area contributed by atoms with E-state index < -0.39 is 8.32 Å². The van der Waals surface area contributed by atoms with Crippen LogP contribution >= 0.6 is 0 Å². The van der Waals surface area contributed by atoms with Gasteiger partial charge in [-0.15, -0.1) is 0 Å². The molecule has 5 heteroatoms. The summed E-state index contributed by atoms with van der Waals surface area (Å²) in [5.41, 5.74) is -0.323. The van der Waals surface area contributed by atoms with Gasteiger partial charge >= 0.3 is 0 Å². The molecule has 2 rings (SSSR count). The van der Waals surface area contributed by atoms with E-state index in [2.05, 4.69) is 40.8 Å². The maximum absolute atomic E-state index is 9.25. The SMILES string of the molecule is CC(C)(C)[Si](C)(C)O[C@@]1(C)C[C@H]2OCCC[C@@H]2O[C@@H]1CCCO. The van der Waals surface area contributed by atoms with Gasteiger partial charge in [-0.1, -0.05) is 20.8 Å². The number of hydrogen-bond donors (Lipinski definition) is 1. The topological polar surface area (TPSA) is 47.9 Å². The summed E-state index contributed by atoms with van der Waals surface area (Å²) < 4.78 is 19.3. The van der Waals surface area contributed by atoms with E-state index in [1.54, 1.807) is 0 Å². The highest BCUT2D eigenvalue weighted by atomic mass is 28.4. The molecule has 1 N–H and O–H groups in total. The molecule has 0 amide bonds. The zero-order valence-electron chi connectivity index (χ0n) is 15.9. The van der Waals surface area contributed by atoms with Gasteiger partial charge in [0.05, 0.1) is 23.9 Å². The van der Waals surface area contributed by atoms with Gasteiger partial charge < -0.3 is 19.0 Å².